The summed E-state index contributed by atoms with van der Waals surface area (Å²) >= 11 is 7.95. The number of hydrogen-bond donors (Lipinski definition) is 2. The smallest absolute Gasteiger partial charge is 0.383 e. The molecule has 2 fully saturated rings. The Labute approximate surface area is 225 Å². The highest BCUT2D eigenvalue weighted by atomic mass is 35.5. The number of piperidine rings is 1. The van der Waals surface area contributed by atoms with Crippen LogP contribution in [0.3, 0.4) is 0 Å². The van der Waals surface area contributed by atoms with Crippen LogP contribution in [0.2, 0.25) is 5.02 Å². The van der Waals surface area contributed by atoms with Gasteiger partial charge in [0.2, 0.25) is 0 Å². The van der Waals surface area contributed by atoms with E-state index in [1.54, 1.807) is 29.4 Å². The van der Waals surface area contributed by atoms with Crippen LogP contribution in [0.4, 0.5) is 17.6 Å². The van der Waals surface area contributed by atoms with E-state index in [-0.39, 0.29) is 19.5 Å². The molecule has 0 amide bonds. The topological polar surface area (TPSA) is 65.0 Å². The van der Waals surface area contributed by atoms with Crippen molar-refractivity contribution in [2.75, 3.05) is 13.1 Å². The molecule has 1 atom stereocenters. The summed E-state index contributed by atoms with van der Waals surface area (Å²) in [7, 11) is 0. The maximum absolute atomic E-state index is 15.1. The molecule has 2 N–H and O–H groups in total. The molecular formula is C27H25ClF4N4OS. The zero-order valence-electron chi connectivity index (χ0n) is 20.3. The summed E-state index contributed by atoms with van der Waals surface area (Å²) in [6.07, 6.45) is 1.93. The Morgan fingerprint density at radius 1 is 1.16 bits per heavy atom. The zero-order valence-corrected chi connectivity index (χ0v) is 21.9. The molecule has 2 aliphatic rings. The number of nitrogens with one attached hydrogen (secondary N) is 1. The van der Waals surface area contributed by atoms with Crippen LogP contribution >= 0.6 is 22.9 Å². The number of pyridine rings is 1. The number of halogens is 5. The van der Waals surface area contributed by atoms with Gasteiger partial charge in [0.1, 0.15) is 22.1 Å². The van der Waals surface area contributed by atoms with Crippen LogP contribution in [0.25, 0.3) is 32.7 Å². The summed E-state index contributed by atoms with van der Waals surface area (Å²) in [6, 6.07) is 6.63. The molecule has 38 heavy (non-hydrogen) atoms. The van der Waals surface area contributed by atoms with Crippen molar-refractivity contribution >= 4 is 34.0 Å². The van der Waals surface area contributed by atoms with E-state index in [0.29, 0.717) is 58.3 Å². The maximum atomic E-state index is 15.1. The number of rotatable bonds is 5. The number of hydrogen-bond acceptors (Lipinski definition) is 5. The second kappa shape index (κ2) is 9.59. The average molecular weight is 565 g/mol. The van der Waals surface area contributed by atoms with Gasteiger partial charge in [0.05, 0.1) is 15.8 Å². The lowest BCUT2D eigenvalue weighted by Crippen LogP contribution is -2.41. The van der Waals surface area contributed by atoms with Gasteiger partial charge in [0.15, 0.2) is 0 Å². The van der Waals surface area contributed by atoms with Crippen LogP contribution in [0, 0.1) is 11.7 Å². The molecule has 5 nitrogen and oxygen atoms in total. The Morgan fingerprint density at radius 3 is 2.68 bits per heavy atom. The van der Waals surface area contributed by atoms with Crippen LogP contribution in [0.5, 0.6) is 0 Å². The molecule has 0 spiro atoms. The fourth-order valence-corrected chi connectivity index (χ4v) is 6.78. The number of aromatic amines is 1. The molecule has 4 heterocycles. The largest absolute Gasteiger partial charge is 0.393 e. The molecule has 1 aliphatic carbocycles. The van der Waals surface area contributed by atoms with E-state index in [2.05, 4.69) is 15.0 Å². The van der Waals surface area contributed by atoms with Gasteiger partial charge in [-0.25, -0.2) is 14.4 Å². The van der Waals surface area contributed by atoms with Crippen molar-refractivity contribution in [2.45, 2.75) is 50.4 Å². The van der Waals surface area contributed by atoms with Crippen molar-refractivity contribution in [3.05, 3.63) is 58.1 Å². The first-order chi connectivity index (χ1) is 18.1. The first kappa shape index (κ1) is 25.7. The zero-order chi connectivity index (χ0) is 26.7. The quantitative estimate of drug-likeness (QED) is 0.250. The summed E-state index contributed by atoms with van der Waals surface area (Å²) in [6.45, 7) is 0.535. The van der Waals surface area contributed by atoms with Gasteiger partial charge < -0.3 is 10.1 Å². The monoisotopic (exact) mass is 564 g/mol. The van der Waals surface area contributed by atoms with Crippen LogP contribution < -0.4 is 0 Å². The number of likely N-dealkylation sites (tertiary alicyclic amines) is 1. The third-order valence-corrected chi connectivity index (χ3v) is 9.16. The van der Waals surface area contributed by atoms with Crippen molar-refractivity contribution in [1.82, 2.24) is 19.9 Å². The third kappa shape index (κ3) is 4.72. The fourth-order valence-electron chi connectivity index (χ4n) is 5.34. The molecule has 0 bridgehead atoms. The number of H-pyrrole nitrogens is 1. The molecule has 4 aromatic rings. The van der Waals surface area contributed by atoms with Gasteiger partial charge in [0, 0.05) is 53.3 Å². The Balaban J connectivity index is 1.27. The molecule has 0 radical (unpaired) electrons. The molecule has 11 heteroatoms. The van der Waals surface area contributed by atoms with Crippen LogP contribution in [-0.4, -0.2) is 44.2 Å². The van der Waals surface area contributed by atoms with E-state index in [1.807, 2.05) is 6.07 Å². The number of aliphatic hydroxyl groups is 1. The molecule has 200 valence electrons. The van der Waals surface area contributed by atoms with Gasteiger partial charge in [-0.05, 0) is 50.8 Å². The minimum absolute atomic E-state index is 0.112. The highest BCUT2D eigenvalue weighted by Gasteiger charge is 2.42. The van der Waals surface area contributed by atoms with Crippen molar-refractivity contribution in [2.24, 2.45) is 5.92 Å². The minimum atomic E-state index is -4.23. The van der Waals surface area contributed by atoms with E-state index in [9.17, 15) is 18.3 Å². The Hall–Kier alpha value is -2.53. The van der Waals surface area contributed by atoms with Gasteiger partial charge in [-0.15, -0.1) is 11.3 Å². The first-order valence-corrected chi connectivity index (χ1v) is 13.7. The Bertz CT molecular complexity index is 1500. The van der Waals surface area contributed by atoms with Crippen molar-refractivity contribution in [3.8, 4) is 21.7 Å². The molecular weight excluding hydrogens is 540 g/mol. The number of aromatic nitrogens is 3. The molecule has 3 aromatic heterocycles. The van der Waals surface area contributed by atoms with E-state index < -0.39 is 23.5 Å². The normalized spacial score (nSPS) is 20.1. The van der Waals surface area contributed by atoms with Gasteiger partial charge >= 0.3 is 6.18 Å². The van der Waals surface area contributed by atoms with Crippen LogP contribution in [0.1, 0.15) is 42.7 Å². The lowest BCUT2D eigenvalue weighted by molar-refractivity contribution is -0.187. The molecule has 1 aliphatic heterocycles. The number of benzene rings is 1. The number of fused-ring (bicyclic) bond motifs is 1. The lowest BCUT2D eigenvalue weighted by atomic mass is 9.81. The number of thiazole rings is 1. The summed E-state index contributed by atoms with van der Waals surface area (Å²) < 4.78 is 54.6. The highest BCUT2D eigenvalue weighted by Crippen LogP contribution is 2.46. The van der Waals surface area contributed by atoms with E-state index in [1.165, 1.54) is 17.4 Å². The third-order valence-electron chi connectivity index (χ3n) is 7.67. The summed E-state index contributed by atoms with van der Waals surface area (Å²) in [5.41, 5.74) is 2.04. The predicted molar refractivity (Wildman–Crippen MR) is 139 cm³/mol. The van der Waals surface area contributed by atoms with Gasteiger partial charge in [0.25, 0.3) is 0 Å². The Morgan fingerprint density at radius 2 is 1.97 bits per heavy atom. The second-order valence-electron chi connectivity index (χ2n) is 10.3. The average Bonchev–Trinajstić information content (AvgIpc) is 3.51. The Kier molecular flexibility index (Phi) is 6.49. The lowest BCUT2D eigenvalue weighted by Gasteiger charge is -2.34. The highest BCUT2D eigenvalue weighted by molar-refractivity contribution is 7.15. The van der Waals surface area contributed by atoms with E-state index in [4.69, 9.17) is 11.6 Å². The summed E-state index contributed by atoms with van der Waals surface area (Å²) in [5, 5.41) is 12.5. The van der Waals surface area contributed by atoms with Gasteiger partial charge in [-0.3, -0.25) is 4.90 Å². The van der Waals surface area contributed by atoms with E-state index >= 15 is 4.39 Å². The first-order valence-electron chi connectivity index (χ1n) is 12.5. The maximum Gasteiger partial charge on any atom is 0.393 e. The second-order valence-corrected chi connectivity index (χ2v) is 11.7. The van der Waals surface area contributed by atoms with Crippen molar-refractivity contribution in [3.63, 3.8) is 0 Å². The van der Waals surface area contributed by atoms with Crippen LogP contribution in [-0.2, 0) is 12.1 Å². The van der Waals surface area contributed by atoms with Gasteiger partial charge in [-0.1, -0.05) is 23.7 Å². The van der Waals surface area contributed by atoms with Crippen molar-refractivity contribution < 1.29 is 22.7 Å². The molecule has 1 aromatic carbocycles. The molecule has 1 saturated heterocycles. The molecule has 1 saturated carbocycles. The number of nitrogens with zero attached hydrogens (tertiary/aromatic N) is 3. The predicted octanol–water partition coefficient (Wildman–Crippen LogP) is 7.29. The molecule has 1 unspecified atom stereocenters. The number of alkyl halides is 3. The summed E-state index contributed by atoms with van der Waals surface area (Å²) in [4.78, 5) is 14.5. The van der Waals surface area contributed by atoms with E-state index in [0.717, 1.165) is 22.2 Å². The van der Waals surface area contributed by atoms with Crippen molar-refractivity contribution in [1.29, 1.82) is 0 Å². The van der Waals surface area contributed by atoms with Crippen LogP contribution in [0.15, 0.2) is 36.7 Å². The standard InChI is InChI=1S/C27H25ClF4N4OS/c28-19-11-33-24-18(23(19)22-12-34-25(38-22)26(37)6-2-7-26)10-21(35-24)15-4-5-16(20(29)9-15)13-36-8-1-3-17(14-36)27(30,31)32/h4-5,9-12,17,37H,1-3,6-8,13-14H2,(H,33,35). The fraction of sp³-hybridized carbons (Fsp3) is 0.407. The SMILES string of the molecule is OC1(c2ncc(-c3c(Cl)cnc4[nH]c(-c5ccc(CN6CCCC(C(F)(F)F)C6)c(F)c5)cc34)s2)CCC1. The summed E-state index contributed by atoms with van der Waals surface area (Å²) in [5.74, 6) is -1.84. The van der Waals surface area contributed by atoms with Gasteiger partial charge in [-0.2, -0.15) is 13.2 Å². The minimum Gasteiger partial charge on any atom is -0.383 e. The molecule has 6 rings (SSSR count).